The number of aryl methyl sites for hydroxylation is 1. The molecular formula is C14H16FN5O4. The number of hydrogen-bond acceptors (Lipinski definition) is 5. The first-order chi connectivity index (χ1) is 11.5. The summed E-state index contributed by atoms with van der Waals surface area (Å²) in [4.78, 5) is 22.2. The van der Waals surface area contributed by atoms with Crippen LogP contribution in [0.2, 0.25) is 0 Å². The highest BCUT2D eigenvalue weighted by atomic mass is 19.1. The normalized spacial score (nSPS) is 10.2. The predicted molar refractivity (Wildman–Crippen MR) is 83.7 cm³/mol. The van der Waals surface area contributed by atoms with Gasteiger partial charge in [0.05, 0.1) is 30.5 Å². The maximum atomic E-state index is 12.2. The van der Waals surface area contributed by atoms with Gasteiger partial charge < -0.3 is 15.4 Å². The van der Waals surface area contributed by atoms with E-state index in [-0.39, 0.29) is 18.8 Å². The minimum Gasteiger partial charge on any atom is -0.496 e. The van der Waals surface area contributed by atoms with E-state index in [0.29, 0.717) is 17.0 Å². The fraction of sp³-hybridized carbons (Fsp3) is 0.286. The smallest absolute Gasteiger partial charge is 0.319 e. The summed E-state index contributed by atoms with van der Waals surface area (Å²) in [6.07, 6.45) is 2.89. The third-order valence-electron chi connectivity index (χ3n) is 3.12. The molecule has 0 saturated heterocycles. The number of carbonyl (C=O) groups is 1. The third-order valence-corrected chi connectivity index (χ3v) is 3.12. The first-order valence-electron chi connectivity index (χ1n) is 6.98. The van der Waals surface area contributed by atoms with Crippen molar-refractivity contribution < 1.29 is 18.8 Å². The average Bonchev–Trinajstić information content (AvgIpc) is 3.00. The summed E-state index contributed by atoms with van der Waals surface area (Å²) >= 11 is 0. The van der Waals surface area contributed by atoms with Crippen molar-refractivity contribution in [3.63, 3.8) is 0 Å². The van der Waals surface area contributed by atoms with Gasteiger partial charge in [-0.2, -0.15) is 5.10 Å². The maximum Gasteiger partial charge on any atom is 0.319 e. The van der Waals surface area contributed by atoms with Crippen LogP contribution in [0.15, 0.2) is 30.6 Å². The Balaban J connectivity index is 1.97. The van der Waals surface area contributed by atoms with Crippen molar-refractivity contribution in [3.05, 3.63) is 46.3 Å². The van der Waals surface area contributed by atoms with Crippen LogP contribution >= 0.6 is 0 Å². The molecule has 2 N–H and O–H groups in total. The van der Waals surface area contributed by atoms with Crippen molar-refractivity contribution in [3.8, 4) is 5.75 Å². The molecule has 0 aliphatic heterocycles. The number of anilines is 1. The van der Waals surface area contributed by atoms with Crippen LogP contribution in [-0.2, 0) is 13.1 Å². The van der Waals surface area contributed by atoms with Gasteiger partial charge in [-0.05, 0) is 6.07 Å². The summed E-state index contributed by atoms with van der Waals surface area (Å²) in [5.41, 5.74) is 0.780. The number of non-ortho nitro benzene ring substituents is 1. The lowest BCUT2D eigenvalue weighted by Crippen LogP contribution is -2.28. The summed E-state index contributed by atoms with van der Waals surface area (Å²) in [5, 5.41) is 19.8. The molecule has 2 amide bonds. The number of halogens is 1. The highest BCUT2D eigenvalue weighted by Crippen LogP contribution is 2.23. The Bertz CT molecular complexity index is 734. The highest BCUT2D eigenvalue weighted by molar-refractivity contribution is 5.88. The number of nitrogens with zero attached hydrogens (tertiary/aromatic N) is 3. The second-order valence-electron chi connectivity index (χ2n) is 4.74. The molecule has 0 fully saturated rings. The van der Waals surface area contributed by atoms with Gasteiger partial charge in [-0.15, -0.1) is 0 Å². The van der Waals surface area contributed by atoms with Crippen LogP contribution < -0.4 is 15.4 Å². The van der Waals surface area contributed by atoms with Crippen LogP contribution in [0.5, 0.6) is 5.75 Å². The molecule has 0 spiro atoms. The number of urea groups is 1. The van der Waals surface area contributed by atoms with Crippen LogP contribution in [0.4, 0.5) is 20.6 Å². The Morgan fingerprint density at radius 2 is 2.29 bits per heavy atom. The van der Waals surface area contributed by atoms with Crippen molar-refractivity contribution in [1.29, 1.82) is 0 Å². The van der Waals surface area contributed by atoms with Gasteiger partial charge in [0.25, 0.3) is 5.69 Å². The van der Waals surface area contributed by atoms with Crippen LogP contribution in [0.1, 0.15) is 5.56 Å². The van der Waals surface area contributed by atoms with Gasteiger partial charge in [0, 0.05) is 30.4 Å². The van der Waals surface area contributed by atoms with E-state index in [1.54, 1.807) is 0 Å². The van der Waals surface area contributed by atoms with Gasteiger partial charge in [0.1, 0.15) is 12.4 Å². The predicted octanol–water partition coefficient (Wildman–Crippen LogP) is 2.09. The molecule has 24 heavy (non-hydrogen) atoms. The molecule has 128 valence electrons. The number of ether oxygens (including phenoxy) is 1. The monoisotopic (exact) mass is 337 g/mol. The first-order valence-corrected chi connectivity index (χ1v) is 6.98. The van der Waals surface area contributed by atoms with Crippen molar-refractivity contribution in [2.45, 2.75) is 13.1 Å². The summed E-state index contributed by atoms with van der Waals surface area (Å²) in [6, 6.07) is 3.59. The number of nitro benzene ring substituents is 1. The minimum atomic E-state index is -0.556. The van der Waals surface area contributed by atoms with Gasteiger partial charge >= 0.3 is 6.03 Å². The van der Waals surface area contributed by atoms with Gasteiger partial charge in [0.15, 0.2) is 0 Å². The van der Waals surface area contributed by atoms with Gasteiger partial charge in [-0.1, -0.05) is 0 Å². The fourth-order valence-corrected chi connectivity index (χ4v) is 2.00. The zero-order chi connectivity index (χ0) is 17.5. The average molecular weight is 337 g/mol. The molecular weight excluding hydrogens is 321 g/mol. The van der Waals surface area contributed by atoms with Gasteiger partial charge in [-0.3, -0.25) is 14.8 Å². The molecule has 9 nitrogen and oxygen atoms in total. The number of amides is 2. The molecule has 2 aromatic rings. The molecule has 1 aromatic carbocycles. The van der Waals surface area contributed by atoms with Crippen LogP contribution in [0.25, 0.3) is 0 Å². The molecule has 1 aromatic heterocycles. The van der Waals surface area contributed by atoms with Crippen LogP contribution in [-0.4, -0.2) is 34.5 Å². The van der Waals surface area contributed by atoms with E-state index in [4.69, 9.17) is 4.74 Å². The topological polar surface area (TPSA) is 111 Å². The van der Waals surface area contributed by atoms with E-state index in [1.165, 1.54) is 42.4 Å². The Morgan fingerprint density at radius 3 is 2.96 bits per heavy atom. The number of methoxy groups -OCH3 is 1. The van der Waals surface area contributed by atoms with Crippen molar-refractivity contribution in [1.82, 2.24) is 15.1 Å². The molecule has 10 heteroatoms. The van der Waals surface area contributed by atoms with Crippen molar-refractivity contribution >= 4 is 17.4 Å². The molecule has 0 atom stereocenters. The SMILES string of the molecule is COc1ccc([N+](=O)[O-])cc1CNC(=O)Nc1cnn(CCF)c1. The quantitative estimate of drug-likeness (QED) is 0.593. The summed E-state index contributed by atoms with van der Waals surface area (Å²) in [5.74, 6) is 0.427. The number of nitrogens with one attached hydrogen (secondary N) is 2. The molecule has 0 aliphatic rings. The fourth-order valence-electron chi connectivity index (χ4n) is 2.00. The Kier molecular flexibility index (Phi) is 5.66. The molecule has 0 aliphatic carbocycles. The van der Waals surface area contributed by atoms with E-state index < -0.39 is 17.6 Å². The molecule has 0 unspecified atom stereocenters. The number of hydrogen-bond donors (Lipinski definition) is 2. The van der Waals surface area contributed by atoms with Crippen LogP contribution in [0.3, 0.4) is 0 Å². The standard InChI is InChI=1S/C14H16FN5O4/c1-24-13-3-2-12(20(22)23)6-10(13)7-16-14(21)18-11-8-17-19(9-11)5-4-15/h2-3,6,8-9H,4-5,7H2,1H3,(H2,16,18,21). The molecule has 1 heterocycles. The van der Waals surface area contributed by atoms with Gasteiger partial charge in [-0.25, -0.2) is 9.18 Å². The molecule has 2 rings (SSSR count). The lowest BCUT2D eigenvalue weighted by atomic mass is 10.2. The summed E-state index contributed by atoms with van der Waals surface area (Å²) in [6.45, 7) is -0.413. The maximum absolute atomic E-state index is 12.2. The van der Waals surface area contributed by atoms with Crippen LogP contribution in [0, 0.1) is 10.1 Å². The van der Waals surface area contributed by atoms with Crippen molar-refractivity contribution in [2.75, 3.05) is 19.1 Å². The number of carbonyl (C=O) groups excluding carboxylic acids is 1. The second-order valence-corrected chi connectivity index (χ2v) is 4.74. The molecule has 0 saturated carbocycles. The van der Waals surface area contributed by atoms with E-state index >= 15 is 0 Å². The largest absolute Gasteiger partial charge is 0.496 e. The van der Waals surface area contributed by atoms with Gasteiger partial charge in [0.2, 0.25) is 0 Å². The molecule has 0 radical (unpaired) electrons. The van der Waals surface area contributed by atoms with E-state index in [9.17, 15) is 19.3 Å². The number of nitro groups is 1. The Morgan fingerprint density at radius 1 is 1.50 bits per heavy atom. The second kappa shape index (κ2) is 7.90. The number of rotatable bonds is 7. The highest BCUT2D eigenvalue weighted by Gasteiger charge is 2.12. The lowest BCUT2D eigenvalue weighted by Gasteiger charge is -2.10. The molecule has 0 bridgehead atoms. The number of aromatic nitrogens is 2. The lowest BCUT2D eigenvalue weighted by molar-refractivity contribution is -0.384. The van der Waals surface area contributed by atoms with E-state index in [1.807, 2.05) is 0 Å². The van der Waals surface area contributed by atoms with E-state index in [2.05, 4.69) is 15.7 Å². The summed E-state index contributed by atoms with van der Waals surface area (Å²) < 4.78 is 18.7. The zero-order valence-electron chi connectivity index (χ0n) is 12.9. The number of alkyl halides is 1. The minimum absolute atomic E-state index is 0.0370. The van der Waals surface area contributed by atoms with Crippen molar-refractivity contribution in [2.24, 2.45) is 0 Å². The van der Waals surface area contributed by atoms with E-state index in [0.717, 1.165) is 0 Å². The third kappa shape index (κ3) is 4.41. The number of benzene rings is 1. The Labute approximate surface area is 136 Å². The summed E-state index contributed by atoms with van der Waals surface area (Å²) in [7, 11) is 1.43. The Hall–Kier alpha value is -3.17. The first kappa shape index (κ1) is 17.2. The zero-order valence-corrected chi connectivity index (χ0v) is 12.9.